The lowest BCUT2D eigenvalue weighted by molar-refractivity contribution is -0.146. The maximum absolute atomic E-state index is 12.8. The summed E-state index contributed by atoms with van der Waals surface area (Å²) in [5.74, 6) is -4.10. The van der Waals surface area contributed by atoms with Crippen molar-refractivity contribution in [1.82, 2.24) is 0 Å². The van der Waals surface area contributed by atoms with Crippen molar-refractivity contribution in [3.05, 3.63) is 53.1 Å². The standard InChI is InChI=1S/C19H18F3NO3/c1-9(2)14-12-6-7-13(14)16(18(25)26)15(12)17(24)23-11-5-3-4-10(8-11)19(20,21)22/h3-8,12-13,15-16H,1-2H3,(H,23,24)(H,25,26)/t12-,13+,15-,16+/m1/s1. The van der Waals surface area contributed by atoms with Crippen molar-refractivity contribution in [2.75, 3.05) is 5.32 Å². The van der Waals surface area contributed by atoms with Crippen LogP contribution in [-0.2, 0) is 15.8 Å². The van der Waals surface area contributed by atoms with Gasteiger partial charge in [0.05, 0.1) is 17.4 Å². The van der Waals surface area contributed by atoms with Crippen LogP contribution in [0.15, 0.2) is 47.6 Å². The van der Waals surface area contributed by atoms with Gasteiger partial charge in [-0.3, -0.25) is 9.59 Å². The van der Waals surface area contributed by atoms with Crippen molar-refractivity contribution >= 4 is 17.6 Å². The number of fused-ring (bicyclic) bond motifs is 2. The summed E-state index contributed by atoms with van der Waals surface area (Å²) in [5.41, 5.74) is 1.01. The molecule has 26 heavy (non-hydrogen) atoms. The number of allylic oxidation sites excluding steroid dienone is 4. The Morgan fingerprint density at radius 2 is 1.69 bits per heavy atom. The molecule has 2 bridgehead atoms. The van der Waals surface area contributed by atoms with Gasteiger partial charge in [0.2, 0.25) is 5.91 Å². The fourth-order valence-electron chi connectivity index (χ4n) is 4.04. The van der Waals surface area contributed by atoms with E-state index in [1.807, 2.05) is 19.9 Å². The fourth-order valence-corrected chi connectivity index (χ4v) is 4.04. The highest BCUT2D eigenvalue weighted by molar-refractivity contribution is 5.97. The number of carboxylic acid groups (broad SMARTS) is 1. The lowest BCUT2D eigenvalue weighted by atomic mass is 9.82. The van der Waals surface area contributed by atoms with Crippen LogP contribution >= 0.6 is 0 Å². The van der Waals surface area contributed by atoms with Crippen LogP contribution in [0.1, 0.15) is 19.4 Å². The third-order valence-electron chi connectivity index (χ3n) is 5.03. The first-order chi connectivity index (χ1) is 12.1. The number of amides is 1. The molecule has 1 aromatic rings. The molecule has 4 nitrogen and oxygen atoms in total. The number of nitrogens with one attached hydrogen (secondary N) is 1. The Morgan fingerprint density at radius 1 is 1.08 bits per heavy atom. The molecule has 1 fully saturated rings. The van der Waals surface area contributed by atoms with Gasteiger partial charge < -0.3 is 10.4 Å². The number of carboxylic acids is 1. The average Bonchev–Trinajstić information content (AvgIpc) is 3.10. The van der Waals surface area contributed by atoms with E-state index in [0.717, 1.165) is 23.3 Å². The molecule has 0 unspecified atom stereocenters. The maximum atomic E-state index is 12.8. The smallest absolute Gasteiger partial charge is 0.416 e. The summed E-state index contributed by atoms with van der Waals surface area (Å²) < 4.78 is 38.5. The van der Waals surface area contributed by atoms with E-state index in [-0.39, 0.29) is 17.5 Å². The Labute approximate surface area is 148 Å². The van der Waals surface area contributed by atoms with Gasteiger partial charge in [-0.05, 0) is 32.0 Å². The van der Waals surface area contributed by atoms with E-state index >= 15 is 0 Å². The molecule has 2 N–H and O–H groups in total. The largest absolute Gasteiger partial charge is 0.481 e. The molecule has 0 heterocycles. The Kier molecular flexibility index (Phi) is 4.42. The van der Waals surface area contributed by atoms with Crippen LogP contribution in [0.4, 0.5) is 18.9 Å². The van der Waals surface area contributed by atoms with Gasteiger partial charge in [0.25, 0.3) is 0 Å². The van der Waals surface area contributed by atoms with Crippen LogP contribution in [0.25, 0.3) is 0 Å². The Bertz CT molecular complexity index is 822. The molecule has 0 aromatic heterocycles. The van der Waals surface area contributed by atoms with E-state index in [2.05, 4.69) is 5.32 Å². The summed E-state index contributed by atoms with van der Waals surface area (Å²) in [6, 6.07) is 4.32. The summed E-state index contributed by atoms with van der Waals surface area (Å²) in [4.78, 5) is 24.5. The van der Waals surface area contributed by atoms with E-state index in [9.17, 15) is 27.9 Å². The third kappa shape index (κ3) is 3.02. The number of benzene rings is 1. The van der Waals surface area contributed by atoms with Crippen molar-refractivity contribution in [3.63, 3.8) is 0 Å². The van der Waals surface area contributed by atoms with E-state index < -0.39 is 35.5 Å². The van der Waals surface area contributed by atoms with E-state index in [1.165, 1.54) is 12.1 Å². The number of carbonyl (C=O) groups is 2. The molecule has 0 radical (unpaired) electrons. The monoisotopic (exact) mass is 365 g/mol. The van der Waals surface area contributed by atoms with Gasteiger partial charge >= 0.3 is 12.1 Å². The summed E-state index contributed by atoms with van der Waals surface area (Å²) >= 11 is 0. The minimum atomic E-state index is -4.52. The number of hydrogen-bond acceptors (Lipinski definition) is 2. The van der Waals surface area contributed by atoms with Crippen molar-refractivity contribution in [1.29, 1.82) is 0 Å². The number of carbonyl (C=O) groups excluding carboxylic acids is 1. The molecule has 0 aliphatic heterocycles. The summed E-state index contributed by atoms with van der Waals surface area (Å²) in [5, 5.41) is 12.1. The van der Waals surface area contributed by atoms with Gasteiger partial charge in [-0.1, -0.05) is 29.4 Å². The lowest BCUT2D eigenvalue weighted by Gasteiger charge is -2.23. The molecular weight excluding hydrogens is 347 g/mol. The van der Waals surface area contributed by atoms with Crippen LogP contribution < -0.4 is 5.32 Å². The Balaban J connectivity index is 1.89. The van der Waals surface area contributed by atoms with Gasteiger partial charge in [0.15, 0.2) is 0 Å². The first-order valence-corrected chi connectivity index (χ1v) is 8.17. The zero-order chi connectivity index (χ0) is 19.2. The van der Waals surface area contributed by atoms with Gasteiger partial charge in [-0.2, -0.15) is 13.2 Å². The Morgan fingerprint density at radius 3 is 2.23 bits per heavy atom. The van der Waals surface area contributed by atoms with Crippen molar-refractivity contribution < 1.29 is 27.9 Å². The summed E-state index contributed by atoms with van der Waals surface area (Å²) in [6.45, 7) is 3.74. The predicted molar refractivity (Wildman–Crippen MR) is 89.2 cm³/mol. The van der Waals surface area contributed by atoms with Crippen molar-refractivity contribution in [3.8, 4) is 0 Å². The second-order valence-electron chi connectivity index (χ2n) is 6.85. The predicted octanol–water partition coefficient (Wildman–Crippen LogP) is 4.11. The van der Waals surface area contributed by atoms with Gasteiger partial charge in [0.1, 0.15) is 0 Å². The second kappa shape index (κ2) is 6.30. The quantitative estimate of drug-likeness (QED) is 0.792. The molecule has 1 amide bonds. The van der Waals surface area contributed by atoms with Crippen LogP contribution in [0.3, 0.4) is 0 Å². The average molecular weight is 365 g/mol. The first kappa shape index (κ1) is 18.2. The third-order valence-corrected chi connectivity index (χ3v) is 5.03. The summed E-state index contributed by atoms with van der Waals surface area (Å²) in [6.07, 6.45) is -0.891. The normalized spacial score (nSPS) is 26.9. The molecule has 2 aliphatic carbocycles. The second-order valence-corrected chi connectivity index (χ2v) is 6.85. The number of rotatable bonds is 3. The number of anilines is 1. The number of aliphatic carboxylic acids is 1. The maximum Gasteiger partial charge on any atom is 0.416 e. The van der Waals surface area contributed by atoms with E-state index in [4.69, 9.17) is 0 Å². The van der Waals surface area contributed by atoms with Crippen LogP contribution in [0.2, 0.25) is 0 Å². The molecule has 3 rings (SSSR count). The van der Waals surface area contributed by atoms with Crippen LogP contribution in [0.5, 0.6) is 0 Å². The van der Waals surface area contributed by atoms with Gasteiger partial charge in [-0.15, -0.1) is 0 Å². The minimum absolute atomic E-state index is 0.000494. The van der Waals surface area contributed by atoms with Crippen LogP contribution in [0, 0.1) is 23.7 Å². The zero-order valence-corrected chi connectivity index (χ0v) is 14.2. The molecule has 4 atom stereocenters. The molecule has 0 spiro atoms. The zero-order valence-electron chi connectivity index (χ0n) is 14.2. The number of hydrogen-bond donors (Lipinski definition) is 2. The Hall–Kier alpha value is -2.57. The molecule has 7 heteroatoms. The topological polar surface area (TPSA) is 66.4 Å². The molecular formula is C19H18F3NO3. The molecule has 138 valence electrons. The first-order valence-electron chi connectivity index (χ1n) is 8.17. The molecule has 1 aromatic carbocycles. The van der Waals surface area contributed by atoms with Gasteiger partial charge in [0, 0.05) is 17.5 Å². The summed E-state index contributed by atoms with van der Waals surface area (Å²) in [7, 11) is 0. The molecule has 2 aliphatic rings. The SMILES string of the molecule is CC(C)=C1[C@H]2C=C[C@@H]1[C@H](C(=O)O)[C@@H]2C(=O)Nc1cccc(C(F)(F)F)c1. The highest BCUT2D eigenvalue weighted by Gasteiger charge is 2.54. The highest BCUT2D eigenvalue weighted by Crippen LogP contribution is 2.53. The number of halogens is 3. The molecule has 0 saturated heterocycles. The highest BCUT2D eigenvalue weighted by atomic mass is 19.4. The minimum Gasteiger partial charge on any atom is -0.481 e. The van der Waals surface area contributed by atoms with Crippen molar-refractivity contribution in [2.24, 2.45) is 23.7 Å². The van der Waals surface area contributed by atoms with Gasteiger partial charge in [-0.25, -0.2) is 0 Å². The lowest BCUT2D eigenvalue weighted by Crippen LogP contribution is -2.36. The fraction of sp³-hybridized carbons (Fsp3) is 0.368. The van der Waals surface area contributed by atoms with Crippen molar-refractivity contribution in [2.45, 2.75) is 20.0 Å². The van der Waals surface area contributed by atoms with E-state index in [1.54, 1.807) is 6.08 Å². The van der Waals surface area contributed by atoms with E-state index in [0.29, 0.717) is 0 Å². The molecule has 1 saturated carbocycles. The number of alkyl halides is 3. The van der Waals surface area contributed by atoms with Crippen LogP contribution in [-0.4, -0.2) is 17.0 Å².